The standard InChI is InChI=1S/C13H21NO3/c1-9(15)12-3-2-4-13(12)10-5-7-11(8-6-10)14(16)17/h10-13H,2-8H2,1H3. The molecule has 2 unspecified atom stereocenters. The molecule has 96 valence electrons. The third-order valence-corrected chi connectivity index (χ3v) is 4.74. The van der Waals surface area contributed by atoms with Crippen LogP contribution in [0, 0.1) is 27.9 Å². The molecular weight excluding hydrogens is 218 g/mol. The summed E-state index contributed by atoms with van der Waals surface area (Å²) in [6.45, 7) is 1.70. The van der Waals surface area contributed by atoms with Gasteiger partial charge in [-0.3, -0.25) is 14.9 Å². The van der Waals surface area contributed by atoms with Crippen LogP contribution in [0.15, 0.2) is 0 Å². The number of ketones is 1. The Balaban J connectivity index is 1.92. The van der Waals surface area contributed by atoms with Crippen LogP contribution in [0.3, 0.4) is 0 Å². The molecule has 2 fully saturated rings. The van der Waals surface area contributed by atoms with Gasteiger partial charge >= 0.3 is 0 Å². The second-order valence-corrected chi connectivity index (χ2v) is 5.67. The van der Waals surface area contributed by atoms with Gasteiger partial charge in [-0.2, -0.15) is 0 Å². The summed E-state index contributed by atoms with van der Waals surface area (Å²) < 4.78 is 0. The van der Waals surface area contributed by atoms with Gasteiger partial charge in [-0.15, -0.1) is 0 Å². The van der Waals surface area contributed by atoms with Crippen molar-refractivity contribution >= 4 is 5.78 Å². The Labute approximate surface area is 102 Å². The van der Waals surface area contributed by atoms with Crippen LogP contribution in [0.25, 0.3) is 0 Å². The van der Waals surface area contributed by atoms with E-state index < -0.39 is 0 Å². The largest absolute Gasteiger partial charge is 0.300 e. The highest BCUT2D eigenvalue weighted by Gasteiger charge is 2.39. The van der Waals surface area contributed by atoms with Crippen LogP contribution in [-0.2, 0) is 4.79 Å². The Kier molecular flexibility index (Phi) is 3.79. The molecular formula is C13H21NO3. The highest BCUT2D eigenvalue weighted by molar-refractivity contribution is 5.78. The van der Waals surface area contributed by atoms with Gasteiger partial charge in [0, 0.05) is 23.7 Å². The summed E-state index contributed by atoms with van der Waals surface area (Å²) in [5.74, 6) is 1.64. The van der Waals surface area contributed by atoms with E-state index in [0.717, 1.165) is 32.1 Å². The molecule has 2 atom stereocenters. The molecule has 0 N–H and O–H groups in total. The van der Waals surface area contributed by atoms with Gasteiger partial charge in [-0.1, -0.05) is 6.42 Å². The smallest absolute Gasteiger partial charge is 0.213 e. The number of nitro groups is 1. The maximum atomic E-state index is 11.6. The quantitative estimate of drug-likeness (QED) is 0.562. The molecule has 0 aromatic rings. The Bertz CT molecular complexity index is 308. The van der Waals surface area contributed by atoms with Crippen molar-refractivity contribution in [3.8, 4) is 0 Å². The Hall–Kier alpha value is -0.930. The van der Waals surface area contributed by atoms with Crippen LogP contribution in [0.1, 0.15) is 51.9 Å². The minimum Gasteiger partial charge on any atom is -0.300 e. The number of carbonyl (C=O) groups excluding carboxylic acids is 1. The number of hydrogen-bond acceptors (Lipinski definition) is 3. The lowest BCUT2D eigenvalue weighted by Crippen LogP contribution is -2.31. The number of carbonyl (C=O) groups is 1. The lowest BCUT2D eigenvalue weighted by molar-refractivity contribution is -0.527. The first-order valence-electron chi connectivity index (χ1n) is 6.73. The molecule has 2 aliphatic carbocycles. The van der Waals surface area contributed by atoms with Gasteiger partial charge in [-0.25, -0.2) is 0 Å². The lowest BCUT2D eigenvalue weighted by Gasteiger charge is -2.31. The lowest BCUT2D eigenvalue weighted by atomic mass is 9.73. The highest BCUT2D eigenvalue weighted by Crippen LogP contribution is 2.43. The summed E-state index contributed by atoms with van der Waals surface area (Å²) in [7, 11) is 0. The van der Waals surface area contributed by atoms with E-state index in [-0.39, 0.29) is 16.9 Å². The normalized spacial score (nSPS) is 37.9. The Morgan fingerprint density at radius 3 is 2.29 bits per heavy atom. The van der Waals surface area contributed by atoms with Gasteiger partial charge in [0.25, 0.3) is 0 Å². The number of hydrogen-bond donors (Lipinski definition) is 0. The van der Waals surface area contributed by atoms with E-state index in [0.29, 0.717) is 30.5 Å². The predicted molar refractivity (Wildman–Crippen MR) is 64.3 cm³/mol. The van der Waals surface area contributed by atoms with Crippen molar-refractivity contribution in [3.05, 3.63) is 10.1 Å². The topological polar surface area (TPSA) is 60.2 Å². The molecule has 0 radical (unpaired) electrons. The molecule has 0 bridgehead atoms. The zero-order valence-corrected chi connectivity index (χ0v) is 10.4. The summed E-state index contributed by atoms with van der Waals surface area (Å²) >= 11 is 0. The van der Waals surface area contributed by atoms with Crippen molar-refractivity contribution in [2.45, 2.75) is 57.9 Å². The molecule has 4 heteroatoms. The van der Waals surface area contributed by atoms with Gasteiger partial charge in [0.1, 0.15) is 5.78 Å². The zero-order valence-electron chi connectivity index (χ0n) is 10.4. The Morgan fingerprint density at radius 2 is 1.76 bits per heavy atom. The van der Waals surface area contributed by atoms with Crippen LogP contribution >= 0.6 is 0 Å². The molecule has 0 spiro atoms. The molecule has 0 aromatic heterocycles. The van der Waals surface area contributed by atoms with Gasteiger partial charge < -0.3 is 0 Å². The van der Waals surface area contributed by atoms with Gasteiger partial charge in [0.15, 0.2) is 0 Å². The summed E-state index contributed by atoms with van der Waals surface area (Å²) in [5.41, 5.74) is 0. The van der Waals surface area contributed by atoms with E-state index in [1.165, 1.54) is 0 Å². The van der Waals surface area contributed by atoms with E-state index in [1.54, 1.807) is 6.92 Å². The van der Waals surface area contributed by atoms with Crippen LogP contribution in [0.4, 0.5) is 0 Å². The molecule has 17 heavy (non-hydrogen) atoms. The fourth-order valence-electron chi connectivity index (χ4n) is 3.80. The van der Waals surface area contributed by atoms with Gasteiger partial charge in [0.05, 0.1) is 0 Å². The van der Waals surface area contributed by atoms with Crippen molar-refractivity contribution in [1.82, 2.24) is 0 Å². The fraction of sp³-hybridized carbons (Fsp3) is 0.923. The van der Waals surface area contributed by atoms with Crippen LogP contribution in [0.5, 0.6) is 0 Å². The van der Waals surface area contributed by atoms with E-state index in [2.05, 4.69) is 0 Å². The van der Waals surface area contributed by atoms with E-state index >= 15 is 0 Å². The fourth-order valence-corrected chi connectivity index (χ4v) is 3.80. The predicted octanol–water partition coefficient (Wildman–Crippen LogP) is 2.83. The molecule has 0 heterocycles. The van der Waals surface area contributed by atoms with Crippen molar-refractivity contribution in [3.63, 3.8) is 0 Å². The van der Waals surface area contributed by atoms with Crippen LogP contribution < -0.4 is 0 Å². The Morgan fingerprint density at radius 1 is 1.12 bits per heavy atom. The van der Waals surface area contributed by atoms with Crippen molar-refractivity contribution < 1.29 is 9.72 Å². The van der Waals surface area contributed by atoms with Crippen LogP contribution in [0.2, 0.25) is 0 Å². The molecule has 0 aliphatic heterocycles. The average molecular weight is 239 g/mol. The SMILES string of the molecule is CC(=O)C1CCCC1C1CCC([N+](=O)[O-])CC1. The molecule has 4 nitrogen and oxygen atoms in total. The minimum absolute atomic E-state index is 0.132. The average Bonchev–Trinajstić information content (AvgIpc) is 2.78. The van der Waals surface area contributed by atoms with Crippen molar-refractivity contribution in [2.75, 3.05) is 0 Å². The number of nitrogens with zero attached hydrogens (tertiary/aromatic N) is 1. The van der Waals surface area contributed by atoms with Crippen LogP contribution in [-0.4, -0.2) is 16.7 Å². The first kappa shape index (κ1) is 12.5. The third-order valence-electron chi connectivity index (χ3n) is 4.74. The highest BCUT2D eigenvalue weighted by atomic mass is 16.6. The third kappa shape index (κ3) is 2.67. The second kappa shape index (κ2) is 5.15. The summed E-state index contributed by atoms with van der Waals surface area (Å²) in [4.78, 5) is 22.1. The summed E-state index contributed by atoms with van der Waals surface area (Å²) in [5, 5.41) is 10.7. The van der Waals surface area contributed by atoms with E-state index in [9.17, 15) is 14.9 Å². The molecule has 2 saturated carbocycles. The zero-order chi connectivity index (χ0) is 12.4. The first-order chi connectivity index (χ1) is 8.09. The first-order valence-corrected chi connectivity index (χ1v) is 6.73. The molecule has 2 aliphatic rings. The molecule has 2 rings (SSSR count). The number of rotatable bonds is 3. The molecule has 0 aromatic carbocycles. The number of Topliss-reactive ketones (excluding diaryl/α,β-unsaturated/α-hetero) is 1. The second-order valence-electron chi connectivity index (χ2n) is 5.67. The summed E-state index contributed by atoms with van der Waals surface area (Å²) in [6, 6.07) is -0.330. The van der Waals surface area contributed by atoms with Crippen molar-refractivity contribution in [2.24, 2.45) is 17.8 Å². The molecule has 0 amide bonds. The molecule has 0 saturated heterocycles. The van der Waals surface area contributed by atoms with Gasteiger partial charge in [-0.05, 0) is 44.4 Å². The maximum absolute atomic E-state index is 11.6. The van der Waals surface area contributed by atoms with Crippen molar-refractivity contribution in [1.29, 1.82) is 0 Å². The monoisotopic (exact) mass is 239 g/mol. The minimum atomic E-state index is -0.330. The summed E-state index contributed by atoms with van der Waals surface area (Å²) in [6.07, 6.45) is 6.65. The van der Waals surface area contributed by atoms with Gasteiger partial charge in [0.2, 0.25) is 6.04 Å². The maximum Gasteiger partial charge on any atom is 0.213 e. The van der Waals surface area contributed by atoms with E-state index in [1.807, 2.05) is 0 Å². The van der Waals surface area contributed by atoms with E-state index in [4.69, 9.17) is 0 Å².